The van der Waals surface area contributed by atoms with Crippen LogP contribution in [-0.4, -0.2) is 43.5 Å². The molecule has 0 saturated carbocycles. The Morgan fingerprint density at radius 2 is 1.93 bits per heavy atom. The summed E-state index contributed by atoms with van der Waals surface area (Å²) in [6.45, 7) is 0.456. The van der Waals surface area contributed by atoms with Crippen LogP contribution in [0.25, 0.3) is 5.69 Å². The van der Waals surface area contributed by atoms with E-state index in [2.05, 4.69) is 5.10 Å². The van der Waals surface area contributed by atoms with E-state index in [4.69, 9.17) is 5.73 Å². The lowest BCUT2D eigenvalue weighted by molar-refractivity contribution is 0.0671. The highest BCUT2D eigenvalue weighted by molar-refractivity contribution is 6.07. The van der Waals surface area contributed by atoms with E-state index in [1.165, 1.54) is 26.4 Å². The van der Waals surface area contributed by atoms with Gasteiger partial charge in [0, 0.05) is 31.4 Å². The summed E-state index contributed by atoms with van der Waals surface area (Å²) < 4.78 is 2.90. The summed E-state index contributed by atoms with van der Waals surface area (Å²) in [6.07, 6.45) is 4.25. The molecule has 29 heavy (non-hydrogen) atoms. The summed E-state index contributed by atoms with van der Waals surface area (Å²) in [6, 6.07) is 11.6. The Bertz CT molecular complexity index is 1130. The van der Waals surface area contributed by atoms with Gasteiger partial charge in [0.2, 0.25) is 0 Å². The summed E-state index contributed by atoms with van der Waals surface area (Å²) >= 11 is 0. The quantitative estimate of drug-likeness (QED) is 0.681. The first-order valence-corrected chi connectivity index (χ1v) is 9.38. The number of rotatable bonds is 4. The number of nitrogens with two attached hydrogens (primary N) is 1. The minimum Gasteiger partial charge on any atom is -0.383 e. The number of carbonyl (C=O) groups is 2. The number of anilines is 1. The number of hydrogen-bond donors (Lipinski definition) is 1. The first kappa shape index (κ1) is 18.7. The van der Waals surface area contributed by atoms with Crippen LogP contribution in [0.1, 0.15) is 33.6 Å². The van der Waals surface area contributed by atoms with Gasteiger partial charge >= 0.3 is 0 Å². The monoisotopic (exact) mass is 391 g/mol. The minimum absolute atomic E-state index is 0.237. The lowest BCUT2D eigenvalue weighted by atomic mass is 10.0. The molecule has 0 spiro atoms. The van der Waals surface area contributed by atoms with Gasteiger partial charge in [-0.2, -0.15) is 5.10 Å². The van der Waals surface area contributed by atoms with Crippen molar-refractivity contribution in [2.75, 3.05) is 12.3 Å². The maximum Gasteiger partial charge on any atom is 0.254 e. The molecule has 2 N–H and O–H groups in total. The van der Waals surface area contributed by atoms with Crippen LogP contribution in [-0.2, 0) is 7.05 Å². The first-order valence-electron chi connectivity index (χ1n) is 9.38. The molecule has 1 amide bonds. The SMILES string of the molecule is Cn1ccc(C(=O)N2CCCC2C(=O)c2cnn(-c3ccccc3)c2N)cc1=O. The van der Waals surface area contributed by atoms with Gasteiger partial charge in [-0.3, -0.25) is 14.4 Å². The molecule has 1 aliphatic heterocycles. The molecular formula is C21H21N5O3. The van der Waals surface area contributed by atoms with Crippen LogP contribution in [0.15, 0.2) is 59.7 Å². The fourth-order valence-electron chi connectivity index (χ4n) is 3.63. The largest absolute Gasteiger partial charge is 0.383 e. The Morgan fingerprint density at radius 1 is 1.17 bits per heavy atom. The Hall–Kier alpha value is -3.68. The third-order valence-corrected chi connectivity index (χ3v) is 5.24. The Balaban J connectivity index is 1.61. The summed E-state index contributed by atoms with van der Waals surface area (Å²) in [5, 5.41) is 4.25. The highest BCUT2D eigenvalue weighted by atomic mass is 16.2. The number of hydrogen-bond acceptors (Lipinski definition) is 5. The van der Waals surface area contributed by atoms with Crippen LogP contribution in [0, 0.1) is 0 Å². The molecule has 4 rings (SSSR count). The van der Waals surface area contributed by atoms with Gasteiger partial charge < -0.3 is 15.2 Å². The Labute approximate surface area is 167 Å². The van der Waals surface area contributed by atoms with Crippen molar-refractivity contribution in [2.24, 2.45) is 7.05 Å². The smallest absolute Gasteiger partial charge is 0.254 e. The predicted octanol–water partition coefficient (Wildman–Crippen LogP) is 1.64. The van der Waals surface area contributed by atoms with Crippen molar-refractivity contribution in [3.05, 3.63) is 76.3 Å². The molecule has 0 bridgehead atoms. The van der Waals surface area contributed by atoms with Crippen molar-refractivity contribution in [3.63, 3.8) is 0 Å². The first-order chi connectivity index (χ1) is 14.0. The van der Waals surface area contributed by atoms with Crippen LogP contribution in [0.5, 0.6) is 0 Å². The molecule has 8 heteroatoms. The summed E-state index contributed by atoms with van der Waals surface area (Å²) in [7, 11) is 1.62. The summed E-state index contributed by atoms with van der Waals surface area (Å²) in [5.74, 6) is -0.319. The summed E-state index contributed by atoms with van der Waals surface area (Å²) in [5.41, 5.74) is 7.26. The topological polar surface area (TPSA) is 103 Å². The average molecular weight is 391 g/mol. The molecule has 1 saturated heterocycles. The molecule has 0 radical (unpaired) electrons. The number of likely N-dealkylation sites (tertiary alicyclic amines) is 1. The Kier molecular flexibility index (Phi) is 4.75. The van der Waals surface area contributed by atoms with E-state index in [1.807, 2.05) is 30.3 Å². The molecule has 148 valence electrons. The van der Waals surface area contributed by atoms with Gasteiger partial charge in [-0.1, -0.05) is 18.2 Å². The second-order valence-electron chi connectivity index (χ2n) is 7.08. The number of nitrogens with zero attached hydrogens (tertiary/aromatic N) is 4. The number of pyridine rings is 1. The Morgan fingerprint density at radius 3 is 2.66 bits per heavy atom. The van der Waals surface area contributed by atoms with Crippen LogP contribution in [0.2, 0.25) is 0 Å². The van der Waals surface area contributed by atoms with Crippen LogP contribution in [0.4, 0.5) is 5.82 Å². The van der Waals surface area contributed by atoms with Gasteiger partial charge in [0.25, 0.3) is 11.5 Å². The van der Waals surface area contributed by atoms with Gasteiger partial charge in [-0.05, 0) is 31.0 Å². The highest BCUT2D eigenvalue weighted by Gasteiger charge is 2.36. The predicted molar refractivity (Wildman–Crippen MR) is 108 cm³/mol. The lowest BCUT2D eigenvalue weighted by Gasteiger charge is -2.23. The number of benzene rings is 1. The van der Waals surface area contributed by atoms with Crippen molar-refractivity contribution in [1.82, 2.24) is 19.2 Å². The number of amides is 1. The van der Waals surface area contributed by atoms with E-state index in [9.17, 15) is 14.4 Å². The van der Waals surface area contributed by atoms with Crippen LogP contribution < -0.4 is 11.3 Å². The highest BCUT2D eigenvalue weighted by Crippen LogP contribution is 2.26. The number of aryl methyl sites for hydroxylation is 1. The fraction of sp³-hybridized carbons (Fsp3) is 0.238. The number of carbonyl (C=O) groups excluding carboxylic acids is 2. The van der Waals surface area contributed by atoms with Crippen molar-refractivity contribution in [1.29, 1.82) is 0 Å². The normalized spacial score (nSPS) is 16.2. The number of nitrogen functional groups attached to an aromatic ring is 1. The van der Waals surface area contributed by atoms with Crippen LogP contribution in [0.3, 0.4) is 0 Å². The van der Waals surface area contributed by atoms with Crippen molar-refractivity contribution >= 4 is 17.5 Å². The standard InChI is InChI=1S/C21H21N5O3/c1-24-11-9-14(12-18(24)27)21(29)25-10-5-8-17(25)19(28)16-13-23-26(20(16)22)15-6-3-2-4-7-15/h2-4,6-7,9,11-13,17H,5,8,10,22H2,1H3. The lowest BCUT2D eigenvalue weighted by Crippen LogP contribution is -2.41. The summed E-state index contributed by atoms with van der Waals surface area (Å²) in [4.78, 5) is 39.5. The molecular weight excluding hydrogens is 370 g/mol. The average Bonchev–Trinajstić information content (AvgIpc) is 3.37. The fourth-order valence-corrected chi connectivity index (χ4v) is 3.63. The van der Waals surface area contributed by atoms with E-state index >= 15 is 0 Å². The molecule has 1 unspecified atom stereocenters. The van der Waals surface area contributed by atoms with Crippen molar-refractivity contribution in [2.45, 2.75) is 18.9 Å². The maximum absolute atomic E-state index is 13.2. The van der Waals surface area contributed by atoms with Crippen LogP contribution >= 0.6 is 0 Å². The maximum atomic E-state index is 13.2. The molecule has 1 fully saturated rings. The van der Waals surface area contributed by atoms with E-state index < -0.39 is 6.04 Å². The van der Waals surface area contributed by atoms with Gasteiger partial charge in [0.15, 0.2) is 5.78 Å². The zero-order valence-corrected chi connectivity index (χ0v) is 16.0. The van der Waals surface area contributed by atoms with Crippen molar-refractivity contribution in [3.8, 4) is 5.69 Å². The molecule has 2 aromatic heterocycles. The van der Waals surface area contributed by atoms with E-state index in [0.717, 1.165) is 5.69 Å². The number of para-hydroxylation sites is 1. The van der Waals surface area contributed by atoms with Gasteiger partial charge in [0.05, 0.1) is 23.5 Å². The van der Waals surface area contributed by atoms with Crippen molar-refractivity contribution < 1.29 is 9.59 Å². The molecule has 3 heterocycles. The van der Waals surface area contributed by atoms with Gasteiger partial charge in [-0.25, -0.2) is 4.68 Å². The molecule has 1 aromatic carbocycles. The number of ketones is 1. The van der Waals surface area contributed by atoms with Gasteiger partial charge in [-0.15, -0.1) is 0 Å². The number of aromatic nitrogens is 3. The third-order valence-electron chi connectivity index (χ3n) is 5.24. The second kappa shape index (κ2) is 7.38. The molecule has 3 aromatic rings. The second-order valence-corrected chi connectivity index (χ2v) is 7.08. The zero-order valence-electron chi connectivity index (χ0n) is 16.0. The number of Topliss-reactive ketones (excluding diaryl/α,β-unsaturated/α-hetero) is 1. The molecule has 0 aliphatic carbocycles. The molecule has 1 aliphatic rings. The molecule has 1 atom stereocenters. The molecule has 8 nitrogen and oxygen atoms in total. The zero-order chi connectivity index (χ0) is 20.5. The van der Waals surface area contributed by atoms with E-state index in [-0.39, 0.29) is 28.6 Å². The van der Waals surface area contributed by atoms with E-state index in [1.54, 1.807) is 19.3 Å². The third kappa shape index (κ3) is 3.33. The van der Waals surface area contributed by atoms with E-state index in [0.29, 0.717) is 24.9 Å². The van der Waals surface area contributed by atoms with Gasteiger partial charge in [0.1, 0.15) is 5.82 Å². The minimum atomic E-state index is -0.623.